The van der Waals surface area contributed by atoms with E-state index in [4.69, 9.17) is 5.73 Å². The first-order valence-corrected chi connectivity index (χ1v) is 7.90. The van der Waals surface area contributed by atoms with Crippen molar-refractivity contribution < 1.29 is 5.11 Å². The van der Waals surface area contributed by atoms with Crippen LogP contribution in [0.15, 0.2) is 30.3 Å². The van der Waals surface area contributed by atoms with Crippen molar-refractivity contribution in [1.82, 2.24) is 0 Å². The SMILES string of the molecule is Nc1cccc2c1NCC2=Cc1cc2c(cc1O)CCCC2. The summed E-state index contributed by atoms with van der Waals surface area (Å²) in [4.78, 5) is 0. The lowest BCUT2D eigenvalue weighted by Crippen LogP contribution is -2.02. The molecule has 1 aliphatic heterocycles. The Morgan fingerprint density at radius 2 is 1.86 bits per heavy atom. The molecule has 0 fully saturated rings. The first-order chi connectivity index (χ1) is 10.7. The Kier molecular flexibility index (Phi) is 3.07. The number of hydrogen-bond acceptors (Lipinski definition) is 3. The maximum atomic E-state index is 10.3. The highest BCUT2D eigenvalue weighted by atomic mass is 16.3. The summed E-state index contributed by atoms with van der Waals surface area (Å²) < 4.78 is 0. The molecule has 0 radical (unpaired) electrons. The van der Waals surface area contributed by atoms with Gasteiger partial charge in [-0.3, -0.25) is 0 Å². The van der Waals surface area contributed by atoms with E-state index >= 15 is 0 Å². The van der Waals surface area contributed by atoms with Gasteiger partial charge in [0, 0.05) is 17.7 Å². The zero-order chi connectivity index (χ0) is 15.1. The molecule has 0 aromatic heterocycles. The van der Waals surface area contributed by atoms with E-state index in [1.54, 1.807) is 0 Å². The van der Waals surface area contributed by atoms with Crippen molar-refractivity contribution in [2.24, 2.45) is 0 Å². The third-order valence-electron chi connectivity index (χ3n) is 4.72. The van der Waals surface area contributed by atoms with Gasteiger partial charge in [-0.25, -0.2) is 0 Å². The lowest BCUT2D eigenvalue weighted by Gasteiger charge is -2.17. The number of fused-ring (bicyclic) bond motifs is 2. The fourth-order valence-corrected chi connectivity index (χ4v) is 3.54. The monoisotopic (exact) mass is 292 g/mol. The predicted octanol–water partition coefficient (Wildman–Crippen LogP) is 3.82. The van der Waals surface area contributed by atoms with Gasteiger partial charge >= 0.3 is 0 Å². The van der Waals surface area contributed by atoms with E-state index in [-0.39, 0.29) is 0 Å². The maximum absolute atomic E-state index is 10.3. The van der Waals surface area contributed by atoms with Crippen LogP contribution in [0.1, 0.15) is 35.1 Å². The molecule has 112 valence electrons. The highest BCUT2D eigenvalue weighted by Crippen LogP contribution is 2.37. The first-order valence-electron chi connectivity index (χ1n) is 7.90. The van der Waals surface area contributed by atoms with Crippen molar-refractivity contribution in [3.8, 4) is 5.75 Å². The molecular formula is C19H20N2O. The molecule has 0 amide bonds. The number of anilines is 2. The molecule has 0 saturated carbocycles. The fraction of sp³-hybridized carbons (Fsp3) is 0.263. The average Bonchev–Trinajstić information content (AvgIpc) is 2.93. The number of hydrogen-bond donors (Lipinski definition) is 3. The summed E-state index contributed by atoms with van der Waals surface area (Å²) in [5.41, 5.74) is 13.7. The van der Waals surface area contributed by atoms with Gasteiger partial charge in [0.25, 0.3) is 0 Å². The van der Waals surface area contributed by atoms with Crippen LogP contribution in [0.25, 0.3) is 11.6 Å². The van der Waals surface area contributed by atoms with Crippen LogP contribution in [-0.4, -0.2) is 11.7 Å². The highest BCUT2D eigenvalue weighted by Gasteiger charge is 2.18. The van der Waals surface area contributed by atoms with Crippen LogP contribution in [0.5, 0.6) is 5.75 Å². The summed E-state index contributed by atoms with van der Waals surface area (Å²) in [6.45, 7) is 0.750. The zero-order valence-corrected chi connectivity index (χ0v) is 12.5. The minimum Gasteiger partial charge on any atom is -0.507 e. The standard InChI is InChI=1S/C19H20N2O/c20-17-7-3-6-16-15(11-21-19(16)17)9-14-8-12-4-1-2-5-13(12)10-18(14)22/h3,6-10,21-22H,1-2,4-5,11,20H2. The second-order valence-electron chi connectivity index (χ2n) is 6.18. The van der Waals surface area contributed by atoms with Crippen molar-refractivity contribution in [3.05, 3.63) is 52.6 Å². The molecule has 3 nitrogen and oxygen atoms in total. The van der Waals surface area contributed by atoms with E-state index in [0.717, 1.165) is 41.9 Å². The summed E-state index contributed by atoms with van der Waals surface area (Å²) >= 11 is 0. The Labute approximate surface area is 130 Å². The average molecular weight is 292 g/mol. The van der Waals surface area contributed by atoms with Gasteiger partial charge in [-0.05, 0) is 66.7 Å². The van der Waals surface area contributed by atoms with Gasteiger partial charge in [-0.15, -0.1) is 0 Å². The smallest absolute Gasteiger partial charge is 0.123 e. The summed E-state index contributed by atoms with van der Waals surface area (Å²) in [5.74, 6) is 0.380. The van der Waals surface area contributed by atoms with Crippen LogP contribution in [-0.2, 0) is 12.8 Å². The van der Waals surface area contributed by atoms with Crippen molar-refractivity contribution >= 4 is 23.0 Å². The van der Waals surface area contributed by atoms with Crippen LogP contribution < -0.4 is 11.1 Å². The summed E-state index contributed by atoms with van der Waals surface area (Å²) in [6.07, 6.45) is 6.76. The molecule has 22 heavy (non-hydrogen) atoms. The zero-order valence-electron chi connectivity index (χ0n) is 12.5. The van der Waals surface area contributed by atoms with Gasteiger partial charge in [-0.1, -0.05) is 12.1 Å². The molecule has 2 aromatic rings. The molecule has 1 aliphatic carbocycles. The molecule has 0 spiro atoms. The van der Waals surface area contributed by atoms with Crippen LogP contribution in [0.3, 0.4) is 0 Å². The predicted molar refractivity (Wildman–Crippen MR) is 92.0 cm³/mol. The number of rotatable bonds is 1. The van der Waals surface area contributed by atoms with Crippen molar-refractivity contribution in [3.63, 3.8) is 0 Å². The second kappa shape index (κ2) is 5.09. The molecule has 0 bridgehead atoms. The lowest BCUT2D eigenvalue weighted by atomic mass is 9.89. The number of aryl methyl sites for hydroxylation is 2. The number of nitrogens with one attached hydrogen (secondary N) is 1. The Hall–Kier alpha value is -2.42. The number of phenolic OH excluding ortho intramolecular Hbond substituents is 1. The third-order valence-corrected chi connectivity index (χ3v) is 4.72. The quantitative estimate of drug-likeness (QED) is 0.700. The number of para-hydroxylation sites is 1. The van der Waals surface area contributed by atoms with E-state index in [2.05, 4.69) is 23.5 Å². The minimum atomic E-state index is 0.380. The fourth-order valence-electron chi connectivity index (χ4n) is 3.54. The van der Waals surface area contributed by atoms with Gasteiger partial charge in [0.05, 0.1) is 11.4 Å². The summed E-state index contributed by atoms with van der Waals surface area (Å²) in [5, 5.41) is 13.7. The van der Waals surface area contributed by atoms with Crippen LogP contribution in [0, 0.1) is 0 Å². The molecule has 0 atom stereocenters. The van der Waals surface area contributed by atoms with Crippen molar-refractivity contribution in [2.75, 3.05) is 17.6 Å². The molecule has 4 N–H and O–H groups in total. The molecule has 0 unspecified atom stereocenters. The largest absolute Gasteiger partial charge is 0.507 e. The third kappa shape index (κ3) is 2.13. The first kappa shape index (κ1) is 13.3. The molecule has 1 heterocycles. The number of benzene rings is 2. The summed E-state index contributed by atoms with van der Waals surface area (Å²) in [6, 6.07) is 10.1. The van der Waals surface area contributed by atoms with Gasteiger partial charge in [0.1, 0.15) is 5.75 Å². The molecule has 4 rings (SSSR count). The Morgan fingerprint density at radius 1 is 1.09 bits per heavy atom. The molecule has 2 aromatic carbocycles. The molecule has 3 heteroatoms. The van der Waals surface area contributed by atoms with Gasteiger partial charge in [-0.2, -0.15) is 0 Å². The highest BCUT2D eigenvalue weighted by molar-refractivity contribution is 5.97. The topological polar surface area (TPSA) is 58.3 Å². The Balaban J connectivity index is 1.77. The second-order valence-corrected chi connectivity index (χ2v) is 6.18. The Bertz CT molecular complexity index is 777. The van der Waals surface area contributed by atoms with E-state index < -0.39 is 0 Å². The number of phenols is 1. The molecule has 2 aliphatic rings. The van der Waals surface area contributed by atoms with Crippen LogP contribution >= 0.6 is 0 Å². The van der Waals surface area contributed by atoms with E-state index in [1.165, 1.54) is 29.5 Å². The van der Waals surface area contributed by atoms with Crippen molar-refractivity contribution in [2.45, 2.75) is 25.7 Å². The Morgan fingerprint density at radius 3 is 2.68 bits per heavy atom. The normalized spacial score (nSPS) is 17.9. The number of nitrogens with two attached hydrogens (primary N) is 1. The lowest BCUT2D eigenvalue weighted by molar-refractivity contribution is 0.472. The van der Waals surface area contributed by atoms with Gasteiger partial charge in [0.2, 0.25) is 0 Å². The molecular weight excluding hydrogens is 272 g/mol. The number of aromatic hydroxyl groups is 1. The number of nitrogen functional groups attached to an aromatic ring is 1. The van der Waals surface area contributed by atoms with Crippen molar-refractivity contribution in [1.29, 1.82) is 0 Å². The molecule has 0 saturated heterocycles. The maximum Gasteiger partial charge on any atom is 0.123 e. The minimum absolute atomic E-state index is 0.380. The van der Waals surface area contributed by atoms with Gasteiger partial charge < -0.3 is 16.2 Å². The van der Waals surface area contributed by atoms with Crippen LogP contribution in [0.4, 0.5) is 11.4 Å². The van der Waals surface area contributed by atoms with E-state index in [0.29, 0.717) is 5.75 Å². The van der Waals surface area contributed by atoms with E-state index in [9.17, 15) is 5.11 Å². The van der Waals surface area contributed by atoms with E-state index in [1.807, 2.05) is 18.2 Å². The summed E-state index contributed by atoms with van der Waals surface area (Å²) in [7, 11) is 0. The van der Waals surface area contributed by atoms with Gasteiger partial charge in [0.15, 0.2) is 0 Å². The van der Waals surface area contributed by atoms with Crippen LogP contribution in [0.2, 0.25) is 0 Å².